The Morgan fingerprint density at radius 1 is 0.932 bits per heavy atom. The van der Waals surface area contributed by atoms with Gasteiger partial charge in [0.25, 0.3) is 0 Å². The van der Waals surface area contributed by atoms with Crippen molar-refractivity contribution in [3.05, 3.63) is 53.3 Å². The third kappa shape index (κ3) is 9.95. The van der Waals surface area contributed by atoms with Gasteiger partial charge < -0.3 is 14.6 Å². The maximum Gasteiger partial charge on any atom is 0.183 e. The molecule has 3 rings (SSSR count). The number of Topliss-reactive ketones (excluding diaryl/α,β-unsaturated/α-hetero) is 1. The van der Waals surface area contributed by atoms with Crippen LogP contribution in [0.15, 0.2) is 36.4 Å². The number of rotatable bonds is 20. The van der Waals surface area contributed by atoms with Crippen LogP contribution < -0.4 is 9.47 Å². The highest BCUT2D eigenvalue weighted by atomic mass is 19.1. The van der Waals surface area contributed by atoms with Crippen molar-refractivity contribution in [2.45, 2.75) is 121 Å². The molecule has 2 aromatic carbocycles. The number of nitrogens with zero attached hydrogens (tertiary/aromatic N) is 2. The number of ether oxygens (including phenoxy) is 2. The number of hydrogen-bond acceptors (Lipinski definition) is 6. The van der Waals surface area contributed by atoms with Crippen LogP contribution in [0, 0.1) is 17.1 Å². The number of phenolic OH excluding ortho intramolecular Hbond substituents is 1. The number of methoxy groups -OCH3 is 2. The van der Waals surface area contributed by atoms with E-state index >= 15 is 0 Å². The van der Waals surface area contributed by atoms with Crippen molar-refractivity contribution < 1.29 is 23.8 Å². The van der Waals surface area contributed by atoms with Crippen LogP contribution in [-0.2, 0) is 5.41 Å². The van der Waals surface area contributed by atoms with Gasteiger partial charge in [0.1, 0.15) is 11.6 Å². The van der Waals surface area contributed by atoms with Crippen LogP contribution in [-0.4, -0.2) is 49.1 Å². The lowest BCUT2D eigenvalue weighted by molar-refractivity contribution is 0.0736. The predicted molar refractivity (Wildman–Crippen MR) is 174 cm³/mol. The quantitative estimate of drug-likeness (QED) is 0.119. The fraction of sp³-hybridized carbons (Fsp3) is 0.622. The zero-order valence-electron chi connectivity index (χ0n) is 27.2. The number of carbonyl (C=O) groups is 1. The van der Waals surface area contributed by atoms with E-state index in [0.717, 1.165) is 56.7 Å². The molecule has 1 saturated heterocycles. The second kappa shape index (κ2) is 18.6. The van der Waals surface area contributed by atoms with Gasteiger partial charge >= 0.3 is 0 Å². The number of phenols is 1. The molecule has 0 spiro atoms. The molecular formula is C37H53FN2O4. The number of likely N-dealkylation sites (tertiary alicyclic amines) is 1. The van der Waals surface area contributed by atoms with Gasteiger partial charge in [0.2, 0.25) is 0 Å². The Morgan fingerprint density at radius 3 is 2.23 bits per heavy atom. The van der Waals surface area contributed by atoms with Gasteiger partial charge in [0.05, 0.1) is 37.3 Å². The van der Waals surface area contributed by atoms with Crippen LogP contribution >= 0.6 is 0 Å². The molecule has 1 N–H and O–H groups in total. The first-order valence-corrected chi connectivity index (χ1v) is 16.8. The van der Waals surface area contributed by atoms with E-state index in [1.54, 1.807) is 14.2 Å². The first-order chi connectivity index (χ1) is 21.4. The van der Waals surface area contributed by atoms with Crippen molar-refractivity contribution in [3.8, 4) is 23.3 Å². The van der Waals surface area contributed by atoms with Crippen molar-refractivity contribution in [1.82, 2.24) is 4.90 Å². The van der Waals surface area contributed by atoms with Gasteiger partial charge in [-0.2, -0.15) is 5.26 Å². The highest BCUT2D eigenvalue weighted by Gasteiger charge is 2.35. The molecule has 0 saturated carbocycles. The Morgan fingerprint density at radius 2 is 1.59 bits per heavy atom. The largest absolute Gasteiger partial charge is 0.507 e. The maximum atomic E-state index is 13.6. The zero-order chi connectivity index (χ0) is 31.8. The summed E-state index contributed by atoms with van der Waals surface area (Å²) in [5.74, 6) is 0.215. The van der Waals surface area contributed by atoms with Gasteiger partial charge in [0.15, 0.2) is 17.3 Å². The lowest BCUT2D eigenvalue weighted by Gasteiger charge is -2.36. The Bertz CT molecular complexity index is 1210. The molecule has 6 nitrogen and oxygen atoms in total. The molecule has 2 atom stereocenters. The minimum atomic E-state index is -0.676. The molecule has 242 valence electrons. The Kier molecular flexibility index (Phi) is 15.0. The van der Waals surface area contributed by atoms with E-state index in [1.807, 2.05) is 18.2 Å². The fourth-order valence-electron chi connectivity index (χ4n) is 6.67. The second-order valence-electron chi connectivity index (χ2n) is 12.4. The number of carbonyl (C=O) groups excluding carboxylic acids is 1. The van der Waals surface area contributed by atoms with E-state index < -0.39 is 11.2 Å². The number of benzene rings is 2. The van der Waals surface area contributed by atoms with E-state index in [1.165, 1.54) is 63.5 Å². The van der Waals surface area contributed by atoms with Crippen LogP contribution in [0.3, 0.4) is 0 Å². The van der Waals surface area contributed by atoms with Gasteiger partial charge in [0, 0.05) is 6.07 Å². The molecule has 0 radical (unpaired) electrons. The summed E-state index contributed by atoms with van der Waals surface area (Å²) >= 11 is 0. The van der Waals surface area contributed by atoms with Gasteiger partial charge in [-0.25, -0.2) is 4.39 Å². The summed E-state index contributed by atoms with van der Waals surface area (Å²) in [6.07, 6.45) is 17.2. The van der Waals surface area contributed by atoms with E-state index in [2.05, 4.69) is 17.9 Å². The van der Waals surface area contributed by atoms with Crippen molar-refractivity contribution in [1.29, 1.82) is 5.26 Å². The number of hydrogen-bond donors (Lipinski definition) is 1. The minimum Gasteiger partial charge on any atom is -0.507 e. The molecule has 1 heterocycles. The van der Waals surface area contributed by atoms with Gasteiger partial charge in [-0.15, -0.1) is 0 Å². The lowest BCUT2D eigenvalue weighted by atomic mass is 9.73. The van der Waals surface area contributed by atoms with Crippen molar-refractivity contribution >= 4 is 5.78 Å². The maximum absolute atomic E-state index is 13.6. The number of piperidine rings is 1. The summed E-state index contributed by atoms with van der Waals surface area (Å²) in [7, 11) is 3.23. The SMILES string of the molecule is CCCCCCCCCCCCC(C#N)(CCCN1CCCCC1C(=O)c1ccc(F)cc1O)c1ccc(OC)c(OC)c1. The minimum absolute atomic E-state index is 0.168. The predicted octanol–water partition coefficient (Wildman–Crippen LogP) is 9.14. The first-order valence-electron chi connectivity index (χ1n) is 16.8. The van der Waals surface area contributed by atoms with Gasteiger partial charge in [-0.05, 0) is 75.0 Å². The number of halogens is 1. The van der Waals surface area contributed by atoms with Crippen LogP contribution in [0.5, 0.6) is 17.2 Å². The summed E-state index contributed by atoms with van der Waals surface area (Å²) in [5, 5.41) is 21.0. The number of ketones is 1. The third-order valence-corrected chi connectivity index (χ3v) is 9.30. The molecule has 44 heavy (non-hydrogen) atoms. The lowest BCUT2D eigenvalue weighted by Crippen LogP contribution is -2.45. The molecule has 0 aromatic heterocycles. The Balaban J connectivity index is 1.67. The van der Waals surface area contributed by atoms with E-state index in [4.69, 9.17) is 9.47 Å². The fourth-order valence-corrected chi connectivity index (χ4v) is 6.67. The van der Waals surface area contributed by atoms with Gasteiger partial charge in [-0.3, -0.25) is 9.69 Å². The molecule has 2 unspecified atom stereocenters. The molecule has 1 aliphatic rings. The normalized spacial score (nSPS) is 16.7. The van der Waals surface area contributed by atoms with Crippen LogP contribution in [0.4, 0.5) is 4.39 Å². The smallest absolute Gasteiger partial charge is 0.183 e. The first kappa shape index (κ1) is 35.4. The zero-order valence-corrected chi connectivity index (χ0v) is 27.2. The summed E-state index contributed by atoms with van der Waals surface area (Å²) in [6, 6.07) is 11.8. The topological polar surface area (TPSA) is 82.8 Å². The van der Waals surface area contributed by atoms with E-state index in [0.29, 0.717) is 30.9 Å². The summed E-state index contributed by atoms with van der Waals surface area (Å²) in [4.78, 5) is 15.6. The van der Waals surface area contributed by atoms with Crippen molar-refractivity contribution in [2.75, 3.05) is 27.3 Å². The Hall–Kier alpha value is -3.11. The summed E-state index contributed by atoms with van der Waals surface area (Å²) < 4.78 is 24.6. The second-order valence-corrected chi connectivity index (χ2v) is 12.4. The average Bonchev–Trinajstić information content (AvgIpc) is 3.04. The van der Waals surface area contributed by atoms with Crippen molar-refractivity contribution in [3.63, 3.8) is 0 Å². The monoisotopic (exact) mass is 608 g/mol. The highest BCUT2D eigenvalue weighted by Crippen LogP contribution is 2.39. The number of unbranched alkanes of at least 4 members (excludes halogenated alkanes) is 9. The van der Waals surface area contributed by atoms with Crippen LogP contribution in [0.2, 0.25) is 0 Å². The number of nitriles is 1. The standard InChI is InChI=1S/C37H53FN2O4/c1-4-5-6-7-8-9-10-11-12-14-22-37(28-39,29-18-21-34(43-2)35(26-29)44-3)23-16-25-40-24-15-13-17-32(40)36(42)31-20-19-30(38)27-33(31)41/h18-21,26-27,32,41H,4-17,22-25H2,1-3H3. The van der Waals surface area contributed by atoms with E-state index in [-0.39, 0.29) is 23.1 Å². The third-order valence-electron chi connectivity index (χ3n) is 9.30. The van der Waals surface area contributed by atoms with Crippen molar-refractivity contribution in [2.24, 2.45) is 0 Å². The Labute approximate surface area is 264 Å². The molecule has 0 aliphatic carbocycles. The van der Waals surface area contributed by atoms with E-state index in [9.17, 15) is 19.6 Å². The van der Waals surface area contributed by atoms with Crippen LogP contribution in [0.25, 0.3) is 0 Å². The molecule has 7 heteroatoms. The highest BCUT2D eigenvalue weighted by molar-refractivity contribution is 6.02. The molecular weight excluding hydrogens is 555 g/mol. The number of aromatic hydroxyl groups is 1. The molecule has 2 aromatic rings. The molecule has 1 fully saturated rings. The van der Waals surface area contributed by atoms with Gasteiger partial charge in [-0.1, -0.05) is 83.6 Å². The average molecular weight is 609 g/mol. The molecule has 1 aliphatic heterocycles. The molecule has 0 amide bonds. The summed E-state index contributed by atoms with van der Waals surface area (Å²) in [5.41, 5.74) is 0.432. The molecule has 0 bridgehead atoms. The van der Waals surface area contributed by atoms with Crippen LogP contribution in [0.1, 0.15) is 126 Å². The summed E-state index contributed by atoms with van der Waals surface area (Å²) in [6.45, 7) is 3.71.